The van der Waals surface area contributed by atoms with Crippen LogP contribution in [0.15, 0.2) is 77.3 Å². The molecule has 0 unspecified atom stereocenters. The van der Waals surface area contributed by atoms with Gasteiger partial charge in [-0.05, 0) is 59.7 Å². The maximum atomic E-state index is 12.2. The number of esters is 2. The molecule has 6 heteroatoms. The maximum absolute atomic E-state index is 12.2. The molecule has 3 aromatic rings. The number of benzene rings is 3. The number of carbonyl (C=O) groups is 2. The van der Waals surface area contributed by atoms with Gasteiger partial charge in [-0.2, -0.15) is 0 Å². The summed E-state index contributed by atoms with van der Waals surface area (Å²) in [5, 5.41) is 0. The zero-order chi connectivity index (χ0) is 20.6. The van der Waals surface area contributed by atoms with Crippen molar-refractivity contribution in [3.8, 4) is 22.6 Å². The van der Waals surface area contributed by atoms with Crippen molar-refractivity contribution >= 4 is 27.9 Å². The average molecular weight is 455 g/mol. The summed E-state index contributed by atoms with van der Waals surface area (Å²) in [6.07, 6.45) is 0. The van der Waals surface area contributed by atoms with Crippen molar-refractivity contribution in [3.63, 3.8) is 0 Å². The van der Waals surface area contributed by atoms with E-state index >= 15 is 0 Å². The Hall–Kier alpha value is -3.12. The molecule has 3 rings (SSSR count). The first kappa shape index (κ1) is 20.6. The molecule has 0 bridgehead atoms. The molecule has 0 N–H and O–H groups in total. The normalized spacial score (nSPS) is 10.3. The summed E-state index contributed by atoms with van der Waals surface area (Å²) < 4.78 is 16.8. The minimum atomic E-state index is -0.402. The van der Waals surface area contributed by atoms with Gasteiger partial charge in [0.05, 0.1) is 5.56 Å². The zero-order valence-electron chi connectivity index (χ0n) is 15.8. The predicted octanol–water partition coefficient (Wildman–Crippen LogP) is 5.28. The van der Waals surface area contributed by atoms with Crippen LogP contribution < -0.4 is 9.47 Å². The smallest absolute Gasteiger partial charge is 0.338 e. The van der Waals surface area contributed by atoms with Crippen molar-refractivity contribution in [3.05, 3.63) is 82.8 Å². The molecule has 0 saturated carbocycles. The molecule has 0 radical (unpaired) electrons. The Kier molecular flexibility index (Phi) is 7.03. The SMILES string of the molecule is CC(=O)Oc1ccc(-c2ccc(C(=O)OCCOc3ccc(Br)cc3)cc2)cc1. The molecule has 0 amide bonds. The van der Waals surface area contributed by atoms with Crippen LogP contribution in [-0.2, 0) is 9.53 Å². The predicted molar refractivity (Wildman–Crippen MR) is 113 cm³/mol. The van der Waals surface area contributed by atoms with E-state index in [0.29, 0.717) is 17.1 Å². The Bertz CT molecular complexity index is 964. The number of carbonyl (C=O) groups excluding carboxylic acids is 2. The van der Waals surface area contributed by atoms with Crippen molar-refractivity contribution in [2.75, 3.05) is 13.2 Å². The van der Waals surface area contributed by atoms with Gasteiger partial charge in [0.25, 0.3) is 0 Å². The lowest BCUT2D eigenvalue weighted by Gasteiger charge is -2.08. The minimum Gasteiger partial charge on any atom is -0.490 e. The van der Waals surface area contributed by atoms with Gasteiger partial charge in [-0.25, -0.2) is 4.79 Å². The highest BCUT2D eigenvalue weighted by molar-refractivity contribution is 9.10. The number of hydrogen-bond donors (Lipinski definition) is 0. The molecular weight excluding hydrogens is 436 g/mol. The summed E-state index contributed by atoms with van der Waals surface area (Å²) >= 11 is 3.36. The Morgan fingerprint density at radius 2 is 1.31 bits per heavy atom. The Balaban J connectivity index is 1.50. The third-order valence-corrected chi connectivity index (χ3v) is 4.50. The largest absolute Gasteiger partial charge is 0.490 e. The lowest BCUT2D eigenvalue weighted by atomic mass is 10.0. The third kappa shape index (κ3) is 6.19. The van der Waals surface area contributed by atoms with Gasteiger partial charge in [0, 0.05) is 11.4 Å². The van der Waals surface area contributed by atoms with E-state index in [1.807, 2.05) is 48.5 Å². The van der Waals surface area contributed by atoms with Crippen LogP contribution in [0.1, 0.15) is 17.3 Å². The fraction of sp³-hybridized carbons (Fsp3) is 0.130. The zero-order valence-corrected chi connectivity index (χ0v) is 17.3. The molecule has 0 heterocycles. The molecule has 0 aliphatic heterocycles. The second kappa shape index (κ2) is 9.89. The quantitative estimate of drug-likeness (QED) is 0.276. The molecule has 0 fully saturated rings. The van der Waals surface area contributed by atoms with Gasteiger partial charge in [0.2, 0.25) is 0 Å². The molecule has 0 saturated heterocycles. The standard InChI is InChI=1S/C23H19BrO5/c1-16(25)29-22-10-6-18(7-11-22)17-2-4-19(5-3-17)23(26)28-15-14-27-21-12-8-20(24)9-13-21/h2-13H,14-15H2,1H3. The Labute approximate surface area is 177 Å². The molecule has 0 spiro atoms. The molecule has 0 aliphatic rings. The Morgan fingerprint density at radius 1 is 0.759 bits per heavy atom. The van der Waals surface area contributed by atoms with Crippen LogP contribution in [-0.4, -0.2) is 25.2 Å². The van der Waals surface area contributed by atoms with Crippen molar-refractivity contribution in [1.29, 1.82) is 0 Å². The molecule has 3 aromatic carbocycles. The molecule has 0 aliphatic carbocycles. The van der Waals surface area contributed by atoms with Gasteiger partial charge in [0.15, 0.2) is 0 Å². The highest BCUT2D eigenvalue weighted by Gasteiger charge is 2.08. The van der Waals surface area contributed by atoms with Gasteiger partial charge >= 0.3 is 11.9 Å². The summed E-state index contributed by atoms with van der Waals surface area (Å²) in [4.78, 5) is 23.1. The second-order valence-corrected chi connectivity index (χ2v) is 7.05. The maximum Gasteiger partial charge on any atom is 0.338 e. The number of hydrogen-bond acceptors (Lipinski definition) is 5. The van der Waals surface area contributed by atoms with E-state index in [-0.39, 0.29) is 19.2 Å². The van der Waals surface area contributed by atoms with Crippen LogP contribution >= 0.6 is 15.9 Å². The van der Waals surface area contributed by atoms with E-state index in [4.69, 9.17) is 14.2 Å². The minimum absolute atomic E-state index is 0.161. The van der Waals surface area contributed by atoms with Gasteiger partial charge in [-0.3, -0.25) is 4.79 Å². The highest BCUT2D eigenvalue weighted by atomic mass is 79.9. The average Bonchev–Trinajstić information content (AvgIpc) is 2.72. The first-order valence-electron chi connectivity index (χ1n) is 8.96. The van der Waals surface area contributed by atoms with E-state index in [0.717, 1.165) is 15.6 Å². The second-order valence-electron chi connectivity index (χ2n) is 6.13. The highest BCUT2D eigenvalue weighted by Crippen LogP contribution is 2.23. The van der Waals surface area contributed by atoms with Crippen LogP contribution in [0.3, 0.4) is 0 Å². The fourth-order valence-corrected chi connectivity index (χ4v) is 2.85. The van der Waals surface area contributed by atoms with Gasteiger partial charge in [-0.1, -0.05) is 40.2 Å². The number of rotatable bonds is 7. The molecule has 0 aromatic heterocycles. The van der Waals surface area contributed by atoms with Crippen molar-refractivity contribution in [1.82, 2.24) is 0 Å². The molecule has 29 heavy (non-hydrogen) atoms. The van der Waals surface area contributed by atoms with Crippen LogP contribution in [0, 0.1) is 0 Å². The summed E-state index contributed by atoms with van der Waals surface area (Å²) in [7, 11) is 0. The monoisotopic (exact) mass is 454 g/mol. The summed E-state index contributed by atoms with van der Waals surface area (Å²) in [5.74, 6) is 0.448. The molecule has 148 valence electrons. The van der Waals surface area contributed by atoms with Crippen LogP contribution in [0.25, 0.3) is 11.1 Å². The lowest BCUT2D eigenvalue weighted by Crippen LogP contribution is -2.12. The van der Waals surface area contributed by atoms with Gasteiger partial charge < -0.3 is 14.2 Å². The van der Waals surface area contributed by atoms with Crippen LogP contribution in [0.2, 0.25) is 0 Å². The molecule has 0 atom stereocenters. The molecule has 5 nitrogen and oxygen atoms in total. The Morgan fingerprint density at radius 3 is 1.90 bits per heavy atom. The van der Waals surface area contributed by atoms with Gasteiger partial charge in [0.1, 0.15) is 24.7 Å². The van der Waals surface area contributed by atoms with E-state index in [2.05, 4.69) is 15.9 Å². The summed E-state index contributed by atoms with van der Waals surface area (Å²) in [5.41, 5.74) is 2.35. The topological polar surface area (TPSA) is 61.8 Å². The van der Waals surface area contributed by atoms with E-state index < -0.39 is 5.97 Å². The first-order chi connectivity index (χ1) is 14.0. The van der Waals surface area contributed by atoms with E-state index in [1.54, 1.807) is 24.3 Å². The van der Waals surface area contributed by atoms with Crippen LogP contribution in [0.4, 0.5) is 0 Å². The lowest BCUT2D eigenvalue weighted by molar-refractivity contribution is -0.131. The summed E-state index contributed by atoms with van der Waals surface area (Å²) in [6.45, 7) is 1.80. The van der Waals surface area contributed by atoms with E-state index in [1.165, 1.54) is 6.92 Å². The first-order valence-corrected chi connectivity index (χ1v) is 9.75. The van der Waals surface area contributed by atoms with Crippen molar-refractivity contribution in [2.24, 2.45) is 0 Å². The van der Waals surface area contributed by atoms with Crippen molar-refractivity contribution in [2.45, 2.75) is 6.92 Å². The fourth-order valence-electron chi connectivity index (χ4n) is 2.59. The number of halogens is 1. The van der Waals surface area contributed by atoms with Crippen molar-refractivity contribution < 1.29 is 23.8 Å². The third-order valence-electron chi connectivity index (χ3n) is 3.97. The van der Waals surface area contributed by atoms with Gasteiger partial charge in [-0.15, -0.1) is 0 Å². The van der Waals surface area contributed by atoms with Crippen LogP contribution in [0.5, 0.6) is 11.5 Å². The summed E-state index contributed by atoms with van der Waals surface area (Å²) in [6, 6.07) is 21.7. The number of ether oxygens (including phenoxy) is 3. The van der Waals surface area contributed by atoms with E-state index in [9.17, 15) is 9.59 Å². The molecular formula is C23H19BrO5.